The topological polar surface area (TPSA) is 0 Å². The predicted octanol–water partition coefficient (Wildman–Crippen LogP) is 12.0. The molecule has 0 amide bonds. The maximum Gasteiger partial charge on any atom is -0.0456 e. The Bertz CT molecular complexity index is 1020. The first kappa shape index (κ1) is 27.5. The molecule has 2 saturated carbocycles. The van der Waals surface area contributed by atoms with E-state index >= 15 is 0 Å². The van der Waals surface area contributed by atoms with Crippen molar-refractivity contribution in [2.45, 2.75) is 63.2 Å². The number of halogens is 2. The number of hydrogen-bond donors (Lipinski definition) is 0. The molecule has 0 N–H and O–H groups in total. The van der Waals surface area contributed by atoms with Gasteiger partial charge in [-0.05, 0) is 11.8 Å². The fraction of sp³-hybridized carbons (Fsp3) is 0.333. The molecule has 2 heterocycles. The molecule has 2 fully saturated rings. The molecule has 6 rings (SSSR count). The summed E-state index contributed by atoms with van der Waals surface area (Å²) in [6.07, 6.45) is 11.4. The molecule has 0 saturated heterocycles. The van der Waals surface area contributed by atoms with Gasteiger partial charge in [0, 0.05) is 0 Å². The van der Waals surface area contributed by atoms with Crippen molar-refractivity contribution in [2.24, 2.45) is 0 Å². The van der Waals surface area contributed by atoms with E-state index in [-0.39, 0.29) is 0 Å². The Morgan fingerprint density at radius 2 is 0.914 bits per heavy atom. The second-order valence-corrected chi connectivity index (χ2v) is 15.5. The van der Waals surface area contributed by atoms with Gasteiger partial charge in [0.1, 0.15) is 0 Å². The average molecular weight is 617 g/mol. The molecule has 0 nitrogen and oxygen atoms in total. The van der Waals surface area contributed by atoms with Crippen LogP contribution in [-0.4, -0.2) is 0 Å². The van der Waals surface area contributed by atoms with Crippen LogP contribution in [0, 0.1) is 0 Å². The van der Waals surface area contributed by atoms with Crippen molar-refractivity contribution in [1.29, 1.82) is 0 Å². The molecule has 0 spiro atoms. The van der Waals surface area contributed by atoms with Crippen molar-refractivity contribution < 1.29 is 20.8 Å². The summed E-state index contributed by atoms with van der Waals surface area (Å²) in [5, 5.41) is 6.25. The van der Waals surface area contributed by atoms with Crippen LogP contribution >= 0.6 is 33.4 Å². The van der Waals surface area contributed by atoms with Crippen molar-refractivity contribution in [3.8, 4) is 21.7 Å². The molecule has 2 aliphatic carbocycles. The minimum absolute atomic E-state index is 0.826. The zero-order valence-electron chi connectivity index (χ0n) is 20.0. The van der Waals surface area contributed by atoms with Gasteiger partial charge in [-0.3, -0.25) is 0 Å². The second-order valence-electron chi connectivity index (χ2n) is 9.28. The molecule has 2 aromatic carbocycles. The Hall–Kier alpha value is -0.537. The third-order valence-corrected chi connectivity index (χ3v) is 9.85. The summed E-state index contributed by atoms with van der Waals surface area (Å²) in [6, 6.07) is 30.9. The van der Waals surface area contributed by atoms with Gasteiger partial charge in [0.2, 0.25) is 0 Å². The summed E-state index contributed by atoms with van der Waals surface area (Å²) in [5.74, 6) is 1.75. The molecule has 2 aliphatic rings. The van der Waals surface area contributed by atoms with Crippen LogP contribution in [0.15, 0.2) is 84.9 Å². The van der Waals surface area contributed by atoms with E-state index in [1.165, 1.54) is 89.5 Å². The molecular weight excluding hydrogens is 584 g/mol. The summed E-state index contributed by atoms with van der Waals surface area (Å²) in [5.41, 5.74) is 2.77. The first-order valence-corrected chi connectivity index (χ1v) is 20.7. The fourth-order valence-corrected chi connectivity index (χ4v) is 7.78. The molecule has 0 atom stereocenters. The normalized spacial score (nSPS) is 16.1. The smallest absolute Gasteiger partial charge is 0.0456 e. The van der Waals surface area contributed by atoms with Gasteiger partial charge in [-0.2, -0.15) is 16.4 Å². The van der Waals surface area contributed by atoms with Gasteiger partial charge in [-0.25, -0.2) is 0 Å². The minimum Gasteiger partial charge on any atom is -0.157 e. The average Bonchev–Trinajstić information content (AvgIpc) is 3.73. The third kappa shape index (κ3) is 8.22. The quantitative estimate of drug-likeness (QED) is 0.200. The van der Waals surface area contributed by atoms with Crippen LogP contribution in [0.2, 0.25) is 0 Å². The Morgan fingerprint density at radius 3 is 1.26 bits per heavy atom. The minimum atomic E-state index is -0.826. The van der Waals surface area contributed by atoms with E-state index in [4.69, 9.17) is 17.0 Å². The molecule has 4 aromatic rings. The maximum absolute atomic E-state index is 4.93. The molecule has 0 aliphatic heterocycles. The van der Waals surface area contributed by atoms with Crippen LogP contribution in [0.4, 0.5) is 0 Å². The van der Waals surface area contributed by atoms with E-state index in [0.29, 0.717) is 0 Å². The van der Waals surface area contributed by atoms with Gasteiger partial charge >= 0.3 is 37.9 Å². The molecule has 0 radical (unpaired) electrons. The third-order valence-electron chi connectivity index (χ3n) is 7.01. The first-order valence-electron chi connectivity index (χ1n) is 12.6. The van der Waals surface area contributed by atoms with E-state index in [9.17, 15) is 0 Å². The number of rotatable bonds is 4. The second kappa shape index (κ2) is 15.0. The Labute approximate surface area is 233 Å². The van der Waals surface area contributed by atoms with Crippen molar-refractivity contribution in [1.82, 2.24) is 0 Å². The predicted molar refractivity (Wildman–Crippen MR) is 154 cm³/mol. The maximum atomic E-state index is 4.93. The molecule has 5 heteroatoms. The van der Waals surface area contributed by atoms with Crippen molar-refractivity contribution in [3.05, 3.63) is 95.5 Å². The molecule has 0 bridgehead atoms. The zero-order valence-corrected chi connectivity index (χ0v) is 25.8. The molecule has 0 unspecified atom stereocenters. The van der Waals surface area contributed by atoms with E-state index in [1.54, 1.807) is 10.6 Å². The van der Waals surface area contributed by atoms with E-state index < -0.39 is 20.8 Å². The summed E-state index contributed by atoms with van der Waals surface area (Å²) >= 11 is -0.826. The van der Waals surface area contributed by atoms with Gasteiger partial charge in [0.05, 0.1) is 0 Å². The van der Waals surface area contributed by atoms with Gasteiger partial charge in [-0.1, -0.05) is 98.4 Å². The Morgan fingerprint density at radius 1 is 0.571 bits per heavy atom. The van der Waals surface area contributed by atoms with E-state index in [1.807, 2.05) is 0 Å². The van der Waals surface area contributed by atoms with Crippen LogP contribution in [-0.2, 0) is 20.8 Å². The van der Waals surface area contributed by atoms with Crippen LogP contribution in [0.25, 0.3) is 21.7 Å². The van der Waals surface area contributed by atoms with Crippen molar-refractivity contribution in [3.63, 3.8) is 0 Å². The molecule has 35 heavy (non-hydrogen) atoms. The van der Waals surface area contributed by atoms with Gasteiger partial charge < -0.3 is 0 Å². The van der Waals surface area contributed by atoms with Crippen molar-refractivity contribution >= 4 is 33.4 Å². The largest absolute Gasteiger partial charge is 0.157 e. The standard InChI is InChI=1S/2C15H16P.2ClH.Zr/c2*1-2-6-12(7-3-1)14-10-11-15(16-14)13-8-4-5-9-13;;;/h2*1-3,6-7,10-11,13H,4-5,8-9H2;2*1H;/q2*-1;;;+4/p-2. The van der Waals surface area contributed by atoms with E-state index in [2.05, 4.69) is 84.9 Å². The zero-order chi connectivity index (χ0) is 24.3. The SMILES string of the molecule is [Cl][Zr+2][Cl].c1ccc(-[c-]2ccc(C3CCCC3)p2)cc1.c1ccc(-[c-]2ccc(C3CCCC3)p2)cc1. The van der Waals surface area contributed by atoms with Gasteiger partial charge in [0.25, 0.3) is 0 Å². The fourth-order valence-electron chi connectivity index (χ4n) is 5.19. The Kier molecular flexibility index (Phi) is 11.8. The molecule has 2 aromatic heterocycles. The summed E-state index contributed by atoms with van der Waals surface area (Å²) < 4.78 is 0. The van der Waals surface area contributed by atoms with Gasteiger partial charge in [-0.15, -0.1) is 70.2 Å². The van der Waals surface area contributed by atoms with E-state index in [0.717, 1.165) is 11.8 Å². The molecule has 180 valence electrons. The Balaban J connectivity index is 0.000000149. The summed E-state index contributed by atoms with van der Waals surface area (Å²) in [7, 11) is 12.8. The summed E-state index contributed by atoms with van der Waals surface area (Å²) in [6.45, 7) is 0. The molecular formula is C30H32Cl2P2Zr. The number of hydrogen-bond acceptors (Lipinski definition) is 0. The van der Waals surface area contributed by atoms with Crippen LogP contribution < -0.4 is 0 Å². The monoisotopic (exact) mass is 614 g/mol. The van der Waals surface area contributed by atoms with Crippen LogP contribution in [0.1, 0.15) is 73.8 Å². The van der Waals surface area contributed by atoms with Crippen molar-refractivity contribution in [2.75, 3.05) is 0 Å². The van der Waals surface area contributed by atoms with Crippen LogP contribution in [0.3, 0.4) is 0 Å². The summed E-state index contributed by atoms with van der Waals surface area (Å²) in [4.78, 5) is 0. The van der Waals surface area contributed by atoms with Crippen LogP contribution in [0.5, 0.6) is 0 Å². The first-order chi connectivity index (χ1) is 17.3. The van der Waals surface area contributed by atoms with Gasteiger partial charge in [0.15, 0.2) is 0 Å². The number of benzene rings is 2.